The van der Waals surface area contributed by atoms with E-state index < -0.39 is 27.7 Å². The van der Waals surface area contributed by atoms with Gasteiger partial charge in [-0.15, -0.1) is 0 Å². The summed E-state index contributed by atoms with van der Waals surface area (Å²) in [6.07, 6.45) is 1.34. The van der Waals surface area contributed by atoms with Gasteiger partial charge in [0.1, 0.15) is 17.0 Å². The molecule has 2 saturated heterocycles. The van der Waals surface area contributed by atoms with Crippen LogP contribution in [0.2, 0.25) is 0 Å². The van der Waals surface area contributed by atoms with Crippen molar-refractivity contribution in [1.82, 2.24) is 23.8 Å². The van der Waals surface area contributed by atoms with Crippen LogP contribution in [0, 0.1) is 0 Å². The molecule has 2 aliphatic heterocycles. The molecular weight excluding hydrogens is 449 g/mol. The number of nitrogens with zero attached hydrogens (tertiary/aromatic N) is 5. The molecule has 0 aromatic carbocycles. The van der Waals surface area contributed by atoms with Crippen molar-refractivity contribution >= 4 is 16.0 Å². The minimum atomic E-state index is -4.73. The summed E-state index contributed by atoms with van der Waals surface area (Å²) in [4.78, 5) is 12.1. The Hall–Kier alpha value is -2.25. The summed E-state index contributed by atoms with van der Waals surface area (Å²) in [6, 6.07) is 0.0957. The first-order valence-electron chi connectivity index (χ1n) is 10.4. The molecule has 0 spiro atoms. The van der Waals surface area contributed by atoms with Crippen LogP contribution in [0.3, 0.4) is 0 Å². The molecule has 0 aliphatic carbocycles. The van der Waals surface area contributed by atoms with E-state index in [4.69, 9.17) is 10.5 Å². The number of hydrogen-bond acceptors (Lipinski definition) is 7. The van der Waals surface area contributed by atoms with Gasteiger partial charge in [0.05, 0.1) is 18.3 Å². The van der Waals surface area contributed by atoms with Gasteiger partial charge in [0.2, 0.25) is 16.0 Å². The average molecular weight is 475 g/mol. The zero-order valence-electron chi connectivity index (χ0n) is 17.5. The highest BCUT2D eigenvalue weighted by molar-refractivity contribution is 7.88. The zero-order chi connectivity index (χ0) is 23.1. The summed E-state index contributed by atoms with van der Waals surface area (Å²) in [5.41, 5.74) is 4.38. The maximum absolute atomic E-state index is 14.2. The number of halogens is 3. The number of piperidine rings is 1. The van der Waals surface area contributed by atoms with Gasteiger partial charge >= 0.3 is 6.18 Å². The quantitative estimate of drug-likeness (QED) is 0.723. The third-order valence-corrected chi connectivity index (χ3v) is 7.31. The summed E-state index contributed by atoms with van der Waals surface area (Å²) >= 11 is 0. The third-order valence-electron chi connectivity index (χ3n) is 6.00. The monoisotopic (exact) mass is 474 g/mol. The van der Waals surface area contributed by atoms with Gasteiger partial charge < -0.3 is 15.0 Å². The maximum Gasteiger partial charge on any atom is 0.420 e. The lowest BCUT2D eigenvalue weighted by molar-refractivity contribution is -0.138. The molecule has 2 fully saturated rings. The summed E-state index contributed by atoms with van der Waals surface area (Å²) in [6.45, 7) is 1.42. The molecule has 0 unspecified atom stereocenters. The number of rotatable bonds is 4. The second kappa shape index (κ2) is 8.60. The van der Waals surface area contributed by atoms with Crippen LogP contribution in [0.5, 0.6) is 0 Å². The van der Waals surface area contributed by atoms with E-state index in [1.165, 1.54) is 10.6 Å². The zero-order valence-corrected chi connectivity index (χ0v) is 18.4. The number of hydrogen-bond donors (Lipinski definition) is 1. The van der Waals surface area contributed by atoms with Crippen LogP contribution in [0.25, 0.3) is 11.4 Å². The van der Waals surface area contributed by atoms with E-state index in [2.05, 4.69) is 15.0 Å². The van der Waals surface area contributed by atoms with Crippen LogP contribution >= 0.6 is 0 Å². The minimum absolute atomic E-state index is 0.0766. The highest BCUT2D eigenvalue weighted by Crippen LogP contribution is 2.42. The highest BCUT2D eigenvalue weighted by atomic mass is 32.2. The number of aromatic nitrogens is 4. The molecule has 9 nitrogen and oxygen atoms in total. The summed E-state index contributed by atoms with van der Waals surface area (Å²) in [5.74, 6) is -0.861. The van der Waals surface area contributed by atoms with Gasteiger partial charge in [0.25, 0.3) is 0 Å². The van der Waals surface area contributed by atoms with E-state index in [1.54, 1.807) is 10.8 Å². The SMILES string of the molecule is CS(=O)(=O)N1CCC(c2nc(N)nc(-c3cn(C4CCOCC4)cn3)c2C(F)(F)F)CC1. The van der Waals surface area contributed by atoms with Crippen molar-refractivity contribution in [3.63, 3.8) is 0 Å². The Labute approximate surface area is 183 Å². The van der Waals surface area contributed by atoms with E-state index in [-0.39, 0.29) is 55.0 Å². The number of sulfonamides is 1. The molecule has 32 heavy (non-hydrogen) atoms. The number of ether oxygens (including phenoxy) is 1. The molecule has 2 aliphatic rings. The Morgan fingerprint density at radius 1 is 1.12 bits per heavy atom. The van der Waals surface area contributed by atoms with Gasteiger partial charge in [-0.1, -0.05) is 0 Å². The summed E-state index contributed by atoms with van der Waals surface area (Å²) < 4.78 is 74.6. The molecule has 0 radical (unpaired) electrons. The van der Waals surface area contributed by atoms with Crippen LogP contribution in [0.4, 0.5) is 19.1 Å². The molecule has 0 bridgehead atoms. The lowest BCUT2D eigenvalue weighted by atomic mass is 9.90. The van der Waals surface area contributed by atoms with Crippen molar-refractivity contribution in [3.8, 4) is 11.4 Å². The molecule has 4 rings (SSSR count). The first-order chi connectivity index (χ1) is 15.0. The smallest absolute Gasteiger partial charge is 0.381 e. The standard InChI is InChI=1S/C19H25F3N6O3S/c1-32(29,30)28-6-2-12(3-7-28)16-15(19(20,21)22)17(26-18(23)25-16)14-10-27(11-24-14)13-4-8-31-9-5-13/h10-13H,2-9H2,1H3,(H2,23,25,26). The Morgan fingerprint density at radius 3 is 2.38 bits per heavy atom. The Kier molecular flexibility index (Phi) is 6.16. The lowest BCUT2D eigenvalue weighted by Gasteiger charge is -2.31. The van der Waals surface area contributed by atoms with Crippen LogP contribution < -0.4 is 5.73 Å². The molecule has 0 atom stereocenters. The fourth-order valence-electron chi connectivity index (χ4n) is 4.36. The van der Waals surface area contributed by atoms with E-state index in [9.17, 15) is 21.6 Å². The predicted octanol–water partition coefficient (Wildman–Crippen LogP) is 2.43. The number of anilines is 1. The molecule has 0 amide bonds. The number of nitrogen functional groups attached to an aromatic ring is 1. The van der Waals surface area contributed by atoms with Gasteiger partial charge in [0, 0.05) is 44.5 Å². The minimum Gasteiger partial charge on any atom is -0.381 e. The normalized spacial score (nSPS) is 20.0. The number of alkyl halides is 3. The van der Waals surface area contributed by atoms with Gasteiger partial charge in [-0.05, 0) is 25.7 Å². The second-order valence-corrected chi connectivity index (χ2v) is 10.2. The van der Waals surface area contributed by atoms with Crippen molar-refractivity contribution in [2.45, 2.75) is 43.8 Å². The molecule has 2 aromatic heterocycles. The van der Waals surface area contributed by atoms with Crippen molar-refractivity contribution in [2.24, 2.45) is 0 Å². The van der Waals surface area contributed by atoms with E-state index >= 15 is 0 Å². The molecule has 2 N–H and O–H groups in total. The topological polar surface area (TPSA) is 116 Å². The second-order valence-electron chi connectivity index (χ2n) is 8.17. The van der Waals surface area contributed by atoms with E-state index in [1.807, 2.05) is 0 Å². The summed E-state index contributed by atoms with van der Waals surface area (Å²) in [5, 5.41) is 0. The number of nitrogens with two attached hydrogens (primary N) is 1. The molecule has 13 heteroatoms. The molecule has 176 valence electrons. The third kappa shape index (κ3) is 4.74. The van der Waals surface area contributed by atoms with Gasteiger partial charge in [-0.25, -0.2) is 27.7 Å². The maximum atomic E-state index is 14.2. The van der Waals surface area contributed by atoms with Crippen molar-refractivity contribution in [2.75, 3.05) is 38.3 Å². The Balaban J connectivity index is 1.71. The average Bonchev–Trinajstić information content (AvgIpc) is 3.23. The van der Waals surface area contributed by atoms with E-state index in [0.717, 1.165) is 19.1 Å². The van der Waals surface area contributed by atoms with Crippen LogP contribution in [-0.4, -0.2) is 64.8 Å². The predicted molar refractivity (Wildman–Crippen MR) is 110 cm³/mol. The van der Waals surface area contributed by atoms with Crippen molar-refractivity contribution in [3.05, 3.63) is 23.8 Å². The van der Waals surface area contributed by atoms with Crippen LogP contribution in [0.1, 0.15) is 48.9 Å². The van der Waals surface area contributed by atoms with Gasteiger partial charge in [-0.2, -0.15) is 13.2 Å². The van der Waals surface area contributed by atoms with Gasteiger partial charge in [0.15, 0.2) is 0 Å². The fourth-order valence-corrected chi connectivity index (χ4v) is 5.23. The van der Waals surface area contributed by atoms with Crippen molar-refractivity contribution in [1.29, 1.82) is 0 Å². The molecular formula is C19H25F3N6O3S. The van der Waals surface area contributed by atoms with Crippen molar-refractivity contribution < 1.29 is 26.3 Å². The first kappa shape index (κ1) is 22.9. The molecule has 4 heterocycles. The lowest BCUT2D eigenvalue weighted by Crippen LogP contribution is -2.37. The molecule has 0 saturated carbocycles. The molecule has 2 aromatic rings. The first-order valence-corrected chi connectivity index (χ1v) is 12.2. The van der Waals surface area contributed by atoms with Gasteiger partial charge in [-0.3, -0.25) is 0 Å². The fraction of sp³-hybridized carbons (Fsp3) is 0.632. The number of imidazole rings is 1. The highest BCUT2D eigenvalue weighted by Gasteiger charge is 2.42. The largest absolute Gasteiger partial charge is 0.420 e. The van der Waals surface area contributed by atoms with Crippen LogP contribution in [-0.2, 0) is 20.9 Å². The van der Waals surface area contributed by atoms with E-state index in [0.29, 0.717) is 13.2 Å². The summed E-state index contributed by atoms with van der Waals surface area (Å²) in [7, 11) is -3.41. The Morgan fingerprint density at radius 2 is 1.78 bits per heavy atom. The van der Waals surface area contributed by atoms with Crippen LogP contribution in [0.15, 0.2) is 12.5 Å². The Bertz CT molecular complexity index is 1070.